The normalized spacial score (nSPS) is 11.7. The maximum Gasteiger partial charge on any atom is 0.191 e. The summed E-state index contributed by atoms with van der Waals surface area (Å²) in [5.41, 5.74) is 3.41. The highest BCUT2D eigenvalue weighted by atomic mass is 16.5. The lowest BCUT2D eigenvalue weighted by atomic mass is 10.1. The Hall–Kier alpha value is -2.50. The van der Waals surface area contributed by atoms with Crippen molar-refractivity contribution in [1.29, 1.82) is 0 Å². The van der Waals surface area contributed by atoms with E-state index in [9.17, 15) is 0 Å². The van der Waals surface area contributed by atoms with E-state index in [1.807, 2.05) is 26.0 Å². The Bertz CT molecular complexity index is 699. The zero-order chi connectivity index (χ0) is 19.6. The molecule has 0 bridgehead atoms. The van der Waals surface area contributed by atoms with Gasteiger partial charge in [-0.15, -0.1) is 0 Å². The van der Waals surface area contributed by atoms with Crippen LogP contribution in [0.1, 0.15) is 50.3 Å². The summed E-state index contributed by atoms with van der Waals surface area (Å²) in [6, 6.07) is 8.25. The van der Waals surface area contributed by atoms with Gasteiger partial charge in [0.1, 0.15) is 11.5 Å². The number of aryl methyl sites for hydroxylation is 2. The summed E-state index contributed by atoms with van der Waals surface area (Å²) in [7, 11) is 1.78. The molecule has 0 amide bonds. The zero-order valence-corrected chi connectivity index (χ0v) is 17.1. The Morgan fingerprint density at radius 2 is 1.89 bits per heavy atom. The average Bonchev–Trinajstić information content (AvgIpc) is 3.07. The van der Waals surface area contributed by atoms with Crippen molar-refractivity contribution in [3.05, 3.63) is 46.8 Å². The summed E-state index contributed by atoms with van der Waals surface area (Å²) in [6.07, 6.45) is 2.81. The predicted molar refractivity (Wildman–Crippen MR) is 109 cm³/mol. The third-order valence-electron chi connectivity index (χ3n) is 4.26. The fourth-order valence-corrected chi connectivity index (χ4v) is 2.86. The van der Waals surface area contributed by atoms with Crippen LogP contribution in [-0.2, 0) is 25.8 Å². The second-order valence-electron chi connectivity index (χ2n) is 6.65. The molecule has 0 unspecified atom stereocenters. The van der Waals surface area contributed by atoms with Crippen LogP contribution >= 0.6 is 0 Å². The Morgan fingerprint density at radius 3 is 2.48 bits per heavy atom. The maximum absolute atomic E-state index is 5.68. The molecule has 1 heterocycles. The van der Waals surface area contributed by atoms with E-state index < -0.39 is 0 Å². The van der Waals surface area contributed by atoms with Gasteiger partial charge in [-0.1, -0.05) is 31.1 Å². The smallest absolute Gasteiger partial charge is 0.191 e. The minimum absolute atomic E-state index is 0.193. The monoisotopic (exact) mass is 372 g/mol. The second kappa shape index (κ2) is 10.6. The first-order chi connectivity index (χ1) is 13.1. The lowest BCUT2D eigenvalue weighted by Gasteiger charge is -2.13. The quantitative estimate of drug-likeness (QED) is 0.521. The predicted octanol–water partition coefficient (Wildman–Crippen LogP) is 3.49. The van der Waals surface area contributed by atoms with Crippen molar-refractivity contribution in [3.63, 3.8) is 0 Å². The van der Waals surface area contributed by atoms with Crippen LogP contribution in [0, 0.1) is 0 Å². The van der Waals surface area contributed by atoms with Gasteiger partial charge < -0.3 is 19.9 Å². The van der Waals surface area contributed by atoms with Crippen LogP contribution in [0.25, 0.3) is 0 Å². The van der Waals surface area contributed by atoms with Crippen LogP contribution in [-0.4, -0.2) is 30.8 Å². The molecule has 0 spiro atoms. The summed E-state index contributed by atoms with van der Waals surface area (Å²) in [5, 5.41) is 10.9. The number of hydrogen-bond donors (Lipinski definition) is 2. The Morgan fingerprint density at radius 1 is 1.15 bits per heavy atom. The molecule has 27 heavy (non-hydrogen) atoms. The van der Waals surface area contributed by atoms with Gasteiger partial charge in [0.2, 0.25) is 0 Å². The molecule has 148 valence electrons. The van der Waals surface area contributed by atoms with E-state index in [1.165, 1.54) is 5.56 Å². The molecule has 2 N–H and O–H groups in total. The molecule has 0 atom stereocenters. The van der Waals surface area contributed by atoms with Crippen LogP contribution in [0.2, 0.25) is 0 Å². The number of nitrogens with zero attached hydrogens (tertiary/aromatic N) is 2. The lowest BCUT2D eigenvalue weighted by molar-refractivity contribution is 0.242. The van der Waals surface area contributed by atoms with Crippen molar-refractivity contribution in [2.45, 2.75) is 59.6 Å². The van der Waals surface area contributed by atoms with Crippen LogP contribution < -0.4 is 15.4 Å². The Labute approximate surface area is 162 Å². The highest BCUT2D eigenvalue weighted by Gasteiger charge is 2.13. The first kappa shape index (κ1) is 20.8. The van der Waals surface area contributed by atoms with Crippen LogP contribution in [0.3, 0.4) is 0 Å². The van der Waals surface area contributed by atoms with Gasteiger partial charge in [0, 0.05) is 32.1 Å². The van der Waals surface area contributed by atoms with Crippen LogP contribution in [0.5, 0.6) is 5.75 Å². The van der Waals surface area contributed by atoms with Crippen molar-refractivity contribution >= 4 is 5.96 Å². The SMILES string of the molecule is CCc1noc(CC)c1CNC(=NC)NCCc1ccc(OC(C)C)cc1. The number of guanidine groups is 1. The van der Waals surface area contributed by atoms with Crippen molar-refractivity contribution in [1.82, 2.24) is 15.8 Å². The zero-order valence-electron chi connectivity index (χ0n) is 17.1. The molecule has 1 aromatic heterocycles. The summed E-state index contributed by atoms with van der Waals surface area (Å²) in [4.78, 5) is 4.30. The minimum atomic E-state index is 0.193. The van der Waals surface area contributed by atoms with E-state index in [-0.39, 0.29) is 6.10 Å². The van der Waals surface area contributed by atoms with Crippen molar-refractivity contribution < 1.29 is 9.26 Å². The van der Waals surface area contributed by atoms with Crippen molar-refractivity contribution in [2.24, 2.45) is 4.99 Å². The highest BCUT2D eigenvalue weighted by Crippen LogP contribution is 2.15. The summed E-state index contributed by atoms with van der Waals surface area (Å²) < 4.78 is 11.1. The van der Waals surface area contributed by atoms with E-state index in [4.69, 9.17) is 9.26 Å². The molecule has 2 aromatic rings. The van der Waals surface area contributed by atoms with E-state index in [0.717, 1.165) is 54.5 Å². The van der Waals surface area contributed by atoms with Crippen molar-refractivity contribution in [3.8, 4) is 5.75 Å². The molecule has 0 saturated heterocycles. The van der Waals surface area contributed by atoms with E-state index in [1.54, 1.807) is 7.05 Å². The van der Waals surface area contributed by atoms with Gasteiger partial charge in [0.15, 0.2) is 5.96 Å². The fraction of sp³-hybridized carbons (Fsp3) is 0.524. The van der Waals surface area contributed by atoms with Gasteiger partial charge in [-0.3, -0.25) is 4.99 Å². The largest absolute Gasteiger partial charge is 0.491 e. The minimum Gasteiger partial charge on any atom is -0.491 e. The molecule has 0 saturated carbocycles. The van der Waals surface area contributed by atoms with Gasteiger partial charge in [0.25, 0.3) is 0 Å². The third-order valence-corrected chi connectivity index (χ3v) is 4.26. The highest BCUT2D eigenvalue weighted by molar-refractivity contribution is 5.79. The molecule has 0 fully saturated rings. The van der Waals surface area contributed by atoms with Crippen LogP contribution in [0.4, 0.5) is 0 Å². The van der Waals surface area contributed by atoms with Crippen LogP contribution in [0.15, 0.2) is 33.8 Å². The number of rotatable bonds is 9. The summed E-state index contributed by atoms with van der Waals surface area (Å²) in [6.45, 7) is 9.69. The van der Waals surface area contributed by atoms with Gasteiger partial charge in [0.05, 0.1) is 11.8 Å². The molecular weight excluding hydrogens is 340 g/mol. The molecule has 0 radical (unpaired) electrons. The second-order valence-corrected chi connectivity index (χ2v) is 6.65. The van der Waals surface area contributed by atoms with Crippen molar-refractivity contribution in [2.75, 3.05) is 13.6 Å². The fourth-order valence-electron chi connectivity index (χ4n) is 2.86. The molecule has 6 nitrogen and oxygen atoms in total. The first-order valence-electron chi connectivity index (χ1n) is 9.73. The molecule has 2 rings (SSSR count). The van der Waals surface area contributed by atoms with E-state index in [0.29, 0.717) is 6.54 Å². The topological polar surface area (TPSA) is 71.7 Å². The van der Waals surface area contributed by atoms with E-state index in [2.05, 4.69) is 46.8 Å². The van der Waals surface area contributed by atoms with E-state index >= 15 is 0 Å². The van der Waals surface area contributed by atoms with Gasteiger partial charge in [-0.25, -0.2) is 0 Å². The number of nitrogens with one attached hydrogen (secondary N) is 2. The number of benzene rings is 1. The number of aromatic nitrogens is 1. The molecule has 1 aromatic carbocycles. The molecular formula is C21H32N4O2. The van der Waals surface area contributed by atoms with Gasteiger partial charge in [-0.05, 0) is 44.4 Å². The molecule has 0 aliphatic heterocycles. The Kier molecular flexibility index (Phi) is 8.17. The average molecular weight is 373 g/mol. The standard InChI is InChI=1S/C21H32N4O2/c1-6-19-18(20(7-2)27-25-19)14-24-21(22-5)23-13-12-16-8-10-17(11-9-16)26-15(3)4/h8-11,15H,6-7,12-14H2,1-5H3,(H2,22,23,24). The summed E-state index contributed by atoms with van der Waals surface area (Å²) >= 11 is 0. The number of ether oxygens (including phenoxy) is 1. The first-order valence-corrected chi connectivity index (χ1v) is 9.73. The number of aliphatic imine (C=N–C) groups is 1. The maximum atomic E-state index is 5.68. The lowest BCUT2D eigenvalue weighted by Crippen LogP contribution is -2.38. The molecule has 0 aliphatic carbocycles. The molecule has 0 aliphatic rings. The third kappa shape index (κ3) is 6.31. The van der Waals surface area contributed by atoms with Gasteiger partial charge in [-0.2, -0.15) is 0 Å². The Balaban J connectivity index is 1.81. The molecule has 6 heteroatoms. The summed E-state index contributed by atoms with van der Waals surface area (Å²) in [5.74, 6) is 2.63. The number of hydrogen-bond acceptors (Lipinski definition) is 4. The van der Waals surface area contributed by atoms with Gasteiger partial charge >= 0.3 is 0 Å².